The molecule has 1 aromatic rings. The number of nitrogens with zero attached hydrogens (tertiary/aromatic N) is 3. The number of carbonyl (C=O) groups excluding carboxylic acids is 2. The number of nitrogens with one attached hydrogen (secondary N) is 1. The number of aliphatic imine (C=N–C) groups is 1. The average molecular weight is 397 g/mol. The van der Waals surface area contributed by atoms with Crippen LogP contribution < -0.4 is 11.1 Å². The van der Waals surface area contributed by atoms with Crippen LogP contribution in [0, 0.1) is 0 Å². The molecule has 0 saturated heterocycles. The number of nitrogens with two attached hydrogens (primary N) is 1. The van der Waals surface area contributed by atoms with Crippen LogP contribution in [0.5, 0.6) is 0 Å². The van der Waals surface area contributed by atoms with Gasteiger partial charge in [-0.15, -0.1) is 23.1 Å². The van der Waals surface area contributed by atoms with Crippen molar-refractivity contribution in [3.63, 3.8) is 0 Å². The lowest BCUT2D eigenvalue weighted by Gasteiger charge is -2.24. The zero-order chi connectivity index (χ0) is 19.3. The summed E-state index contributed by atoms with van der Waals surface area (Å²) in [6.07, 6.45) is 0.479. The third-order valence-corrected chi connectivity index (χ3v) is 5.07. The van der Waals surface area contributed by atoms with E-state index in [-0.39, 0.29) is 28.0 Å². The van der Waals surface area contributed by atoms with Crippen LogP contribution in [0.25, 0.3) is 0 Å². The zero-order valence-electron chi connectivity index (χ0n) is 13.5. The highest BCUT2D eigenvalue weighted by Gasteiger charge is 2.31. The fraction of sp³-hybridized carbons (Fsp3) is 0.286. The fourth-order valence-electron chi connectivity index (χ4n) is 1.98. The van der Waals surface area contributed by atoms with Gasteiger partial charge in [0.05, 0.1) is 0 Å². The van der Waals surface area contributed by atoms with Crippen LogP contribution in [0.2, 0.25) is 0 Å². The second-order valence-electron chi connectivity index (χ2n) is 4.92. The molecule has 138 valence electrons. The highest BCUT2D eigenvalue weighted by molar-refractivity contribution is 8.00. The number of thiazole rings is 1. The van der Waals surface area contributed by atoms with Crippen LogP contribution in [0.4, 0.5) is 5.13 Å². The summed E-state index contributed by atoms with van der Waals surface area (Å²) >= 11 is 2.30. The molecule has 26 heavy (non-hydrogen) atoms. The highest BCUT2D eigenvalue weighted by Crippen LogP contribution is 2.25. The molecule has 12 heteroatoms. The van der Waals surface area contributed by atoms with E-state index in [1.54, 1.807) is 0 Å². The maximum Gasteiger partial charge on any atom is 0.354 e. The van der Waals surface area contributed by atoms with E-state index in [9.17, 15) is 14.4 Å². The number of thioether (sulfide) groups is 1. The molecule has 0 aliphatic carbocycles. The number of aldehydes is 1. The molecule has 4 N–H and O–H groups in total. The Morgan fingerprint density at radius 2 is 2.35 bits per heavy atom. The summed E-state index contributed by atoms with van der Waals surface area (Å²) in [6, 6.07) is -1.08. The molecule has 0 saturated carbocycles. The predicted molar refractivity (Wildman–Crippen MR) is 98.5 cm³/mol. The monoisotopic (exact) mass is 397 g/mol. The topological polar surface area (TPSA) is 156 Å². The minimum absolute atomic E-state index is 0.167. The first-order chi connectivity index (χ1) is 12.4. The van der Waals surface area contributed by atoms with Crippen molar-refractivity contribution < 1.29 is 24.3 Å². The Hall–Kier alpha value is -2.73. The molecule has 0 bridgehead atoms. The first kappa shape index (κ1) is 19.6. The minimum Gasteiger partial charge on any atom is -0.477 e. The number of aliphatic carboxylic acids is 1. The Morgan fingerprint density at radius 1 is 1.62 bits per heavy atom. The van der Waals surface area contributed by atoms with Gasteiger partial charge in [-0.05, 0) is 5.57 Å². The number of carboxylic acid groups (broad SMARTS) is 1. The molecular formula is C14H15N5O5S2. The summed E-state index contributed by atoms with van der Waals surface area (Å²) in [7, 11) is 1.26. The summed E-state index contributed by atoms with van der Waals surface area (Å²) in [5, 5.41) is 16.2. The van der Waals surface area contributed by atoms with Crippen molar-refractivity contribution in [3.05, 3.63) is 23.2 Å². The summed E-state index contributed by atoms with van der Waals surface area (Å²) < 4.78 is 0. The summed E-state index contributed by atoms with van der Waals surface area (Å²) in [5.74, 6) is -1.69. The summed E-state index contributed by atoms with van der Waals surface area (Å²) in [4.78, 5) is 47.7. The van der Waals surface area contributed by atoms with Gasteiger partial charge in [0, 0.05) is 11.1 Å². The molecule has 10 nitrogen and oxygen atoms in total. The maximum atomic E-state index is 12.5. The van der Waals surface area contributed by atoms with Crippen molar-refractivity contribution in [1.29, 1.82) is 0 Å². The van der Waals surface area contributed by atoms with Crippen LogP contribution >= 0.6 is 23.1 Å². The van der Waals surface area contributed by atoms with Crippen LogP contribution in [0.3, 0.4) is 0 Å². The van der Waals surface area contributed by atoms with Gasteiger partial charge < -0.3 is 25.8 Å². The lowest BCUT2D eigenvalue weighted by Crippen LogP contribution is -2.47. The van der Waals surface area contributed by atoms with E-state index in [4.69, 9.17) is 10.8 Å². The van der Waals surface area contributed by atoms with E-state index in [1.165, 1.54) is 24.3 Å². The average Bonchev–Trinajstić information content (AvgIpc) is 3.03. The van der Waals surface area contributed by atoms with Crippen molar-refractivity contribution in [2.24, 2.45) is 10.1 Å². The van der Waals surface area contributed by atoms with E-state index in [0.29, 0.717) is 11.9 Å². The van der Waals surface area contributed by atoms with Crippen molar-refractivity contribution in [3.8, 4) is 0 Å². The molecular weight excluding hydrogens is 382 g/mol. The van der Waals surface area contributed by atoms with Crippen LogP contribution in [0.15, 0.2) is 27.7 Å². The first-order valence-electron chi connectivity index (χ1n) is 7.07. The minimum atomic E-state index is -1.24. The number of aromatic nitrogens is 1. The quantitative estimate of drug-likeness (QED) is 0.327. The van der Waals surface area contributed by atoms with Crippen molar-refractivity contribution in [2.45, 2.75) is 11.4 Å². The second-order valence-corrected chi connectivity index (χ2v) is 6.91. The molecule has 0 spiro atoms. The third kappa shape index (κ3) is 4.46. The Morgan fingerprint density at radius 3 is 2.88 bits per heavy atom. The third-order valence-electron chi connectivity index (χ3n) is 3.14. The van der Waals surface area contributed by atoms with E-state index in [0.717, 1.165) is 11.3 Å². The number of carbonyl (C=O) groups is 3. The van der Waals surface area contributed by atoms with E-state index >= 15 is 0 Å². The summed E-state index contributed by atoms with van der Waals surface area (Å²) in [5.41, 5.74) is 5.70. The molecule has 1 aromatic heterocycles. The number of anilines is 1. The van der Waals surface area contributed by atoms with Crippen molar-refractivity contribution >= 4 is 57.8 Å². The highest BCUT2D eigenvalue weighted by atomic mass is 32.2. The van der Waals surface area contributed by atoms with E-state index < -0.39 is 23.3 Å². The SMILES string of the molecule is C=C1CS[C@H]([C@@H](C=O)NC(=O)/C(=N\OC)c2csc(N)n2)N=C1C(=O)O. The molecule has 0 fully saturated rings. The molecule has 1 amide bonds. The molecule has 2 heterocycles. The standard InChI is InChI=1S/C14H15N5O5S2/c1-6-4-25-12(18-9(6)13(22)23)7(3-20)16-11(21)10(19-24-2)8-5-26-14(15)17-8/h3,5,7,12H,1,4H2,2H3,(H2,15,17)(H,16,21)(H,22,23)/b19-10-/t7-,12-/m1/s1. The molecule has 0 radical (unpaired) electrons. The van der Waals surface area contributed by atoms with Crippen molar-refractivity contribution in [2.75, 3.05) is 18.6 Å². The van der Waals surface area contributed by atoms with Gasteiger partial charge in [-0.1, -0.05) is 11.7 Å². The van der Waals surface area contributed by atoms with Gasteiger partial charge in [0.15, 0.2) is 10.8 Å². The molecule has 2 rings (SSSR count). The normalized spacial score (nSPS) is 18.7. The predicted octanol–water partition coefficient (Wildman–Crippen LogP) is -0.0858. The Labute approximate surface area is 156 Å². The van der Waals surface area contributed by atoms with Crippen LogP contribution in [0.1, 0.15) is 5.69 Å². The maximum absolute atomic E-state index is 12.5. The van der Waals surface area contributed by atoms with E-state index in [1.807, 2.05) is 0 Å². The fourth-order valence-corrected chi connectivity index (χ4v) is 3.56. The number of carboxylic acids is 1. The lowest BCUT2D eigenvalue weighted by molar-refractivity contribution is -0.129. The number of oxime groups is 1. The lowest BCUT2D eigenvalue weighted by atomic mass is 10.2. The van der Waals surface area contributed by atoms with Crippen molar-refractivity contribution in [1.82, 2.24) is 10.3 Å². The van der Waals surface area contributed by atoms with Gasteiger partial charge in [-0.25, -0.2) is 9.78 Å². The van der Waals surface area contributed by atoms with Crippen LogP contribution in [-0.4, -0.2) is 64.0 Å². The largest absolute Gasteiger partial charge is 0.477 e. The smallest absolute Gasteiger partial charge is 0.354 e. The number of amides is 1. The second kappa shape index (κ2) is 8.58. The van der Waals surface area contributed by atoms with Gasteiger partial charge in [0.2, 0.25) is 0 Å². The number of nitrogen functional groups attached to an aromatic ring is 1. The number of rotatable bonds is 7. The summed E-state index contributed by atoms with van der Waals surface area (Å²) in [6.45, 7) is 3.63. The van der Waals surface area contributed by atoms with Gasteiger partial charge in [0.1, 0.15) is 36.2 Å². The van der Waals surface area contributed by atoms with E-state index in [2.05, 4.69) is 31.9 Å². The molecule has 2 atom stereocenters. The zero-order valence-corrected chi connectivity index (χ0v) is 15.2. The Kier molecular flexibility index (Phi) is 6.46. The Bertz CT molecular complexity index is 803. The van der Waals surface area contributed by atoms with Gasteiger partial charge in [0.25, 0.3) is 5.91 Å². The number of hydrogen-bond acceptors (Lipinski definition) is 10. The Balaban J connectivity index is 2.22. The number of hydrogen-bond donors (Lipinski definition) is 3. The molecule has 0 aromatic carbocycles. The first-order valence-corrected chi connectivity index (χ1v) is 8.99. The molecule has 0 unspecified atom stereocenters. The molecule has 1 aliphatic heterocycles. The van der Waals surface area contributed by atoms with Crippen LogP contribution in [-0.2, 0) is 19.2 Å². The van der Waals surface area contributed by atoms with Gasteiger partial charge in [-0.2, -0.15) is 0 Å². The molecule has 1 aliphatic rings. The van der Waals surface area contributed by atoms with Gasteiger partial charge in [-0.3, -0.25) is 9.79 Å². The van der Waals surface area contributed by atoms with Gasteiger partial charge >= 0.3 is 5.97 Å².